The molecule has 0 saturated carbocycles. The number of nitrogens with one attached hydrogen (secondary N) is 2. The molecule has 1 saturated heterocycles. The zero-order valence-electron chi connectivity index (χ0n) is 16.4. The molecule has 0 bridgehead atoms. The molecule has 2 N–H and O–H groups in total. The average Bonchev–Trinajstić information content (AvgIpc) is 2.74. The van der Waals surface area contributed by atoms with Crippen LogP contribution in [0.25, 0.3) is 0 Å². The van der Waals surface area contributed by atoms with E-state index in [1.807, 2.05) is 48.3 Å². The van der Waals surface area contributed by atoms with Gasteiger partial charge in [0.05, 0.1) is 0 Å². The fraction of sp³-hybridized carbons (Fsp3) is 0.429. The minimum atomic E-state index is -0.132. The van der Waals surface area contributed by atoms with Crippen LogP contribution in [0.3, 0.4) is 0 Å². The number of aromatic nitrogens is 1. The van der Waals surface area contributed by atoms with Crippen molar-refractivity contribution in [2.45, 2.75) is 17.9 Å². The zero-order chi connectivity index (χ0) is 19.6. The lowest BCUT2D eigenvalue weighted by Gasteiger charge is -2.33. The molecule has 1 fully saturated rings. The third-order valence-corrected chi connectivity index (χ3v) is 5.81. The van der Waals surface area contributed by atoms with Crippen LogP contribution in [-0.2, 0) is 6.54 Å². The van der Waals surface area contributed by atoms with E-state index >= 15 is 0 Å². The Balaban J connectivity index is 1.30. The molecule has 1 aromatic heterocycles. The monoisotopic (exact) mass is 399 g/mol. The molecule has 1 aliphatic heterocycles. The summed E-state index contributed by atoms with van der Waals surface area (Å²) in [5.41, 5.74) is 1.01. The lowest BCUT2D eigenvalue weighted by Crippen LogP contribution is -2.44. The standard InChI is InChI=1S/C21H29N5OS/c1-25-11-13-26(14-12-25)20-9-8-18(16-23-20)17-24-21(27)22-10-5-15-28-19-6-3-2-4-7-19/h2-4,6-9,16H,5,10-15,17H2,1H3,(H2,22,24,27). The maximum Gasteiger partial charge on any atom is 0.315 e. The summed E-state index contributed by atoms with van der Waals surface area (Å²) in [6, 6.07) is 14.3. The normalized spacial score (nSPS) is 14.7. The molecule has 2 aromatic rings. The molecular weight excluding hydrogens is 370 g/mol. The van der Waals surface area contributed by atoms with Crippen LogP contribution in [0, 0.1) is 0 Å². The highest BCUT2D eigenvalue weighted by molar-refractivity contribution is 7.99. The Hall–Kier alpha value is -2.25. The summed E-state index contributed by atoms with van der Waals surface area (Å²) < 4.78 is 0. The van der Waals surface area contributed by atoms with Crippen molar-refractivity contribution < 1.29 is 4.79 Å². The first-order chi connectivity index (χ1) is 13.7. The first kappa shape index (κ1) is 20.5. The van der Waals surface area contributed by atoms with Gasteiger partial charge in [-0.1, -0.05) is 24.3 Å². The Labute approximate surface area is 171 Å². The fourth-order valence-corrected chi connectivity index (χ4v) is 3.84. The number of nitrogens with zero attached hydrogens (tertiary/aromatic N) is 3. The number of benzene rings is 1. The summed E-state index contributed by atoms with van der Waals surface area (Å²) in [5.74, 6) is 2.00. The number of hydrogen-bond acceptors (Lipinski definition) is 5. The largest absolute Gasteiger partial charge is 0.354 e. The van der Waals surface area contributed by atoms with Crippen molar-refractivity contribution in [1.29, 1.82) is 0 Å². The highest BCUT2D eigenvalue weighted by atomic mass is 32.2. The van der Waals surface area contributed by atoms with E-state index in [0.717, 1.165) is 49.7 Å². The van der Waals surface area contributed by atoms with Crippen LogP contribution in [0.1, 0.15) is 12.0 Å². The van der Waals surface area contributed by atoms with Gasteiger partial charge in [0.2, 0.25) is 0 Å². The smallest absolute Gasteiger partial charge is 0.315 e. The molecule has 0 aliphatic carbocycles. The Morgan fingerprint density at radius 3 is 2.57 bits per heavy atom. The summed E-state index contributed by atoms with van der Waals surface area (Å²) in [4.78, 5) is 22.4. The Morgan fingerprint density at radius 1 is 1.07 bits per heavy atom. The van der Waals surface area contributed by atoms with Crippen molar-refractivity contribution in [2.24, 2.45) is 0 Å². The predicted octanol–water partition coefficient (Wildman–Crippen LogP) is 2.82. The SMILES string of the molecule is CN1CCN(c2ccc(CNC(=O)NCCCSc3ccccc3)cn2)CC1. The van der Waals surface area contributed by atoms with Crippen LogP contribution < -0.4 is 15.5 Å². The second-order valence-corrected chi connectivity index (χ2v) is 8.11. The minimum Gasteiger partial charge on any atom is -0.354 e. The molecule has 2 heterocycles. The van der Waals surface area contributed by atoms with Crippen LogP contribution in [0.2, 0.25) is 0 Å². The number of rotatable bonds is 8. The van der Waals surface area contributed by atoms with E-state index in [4.69, 9.17) is 0 Å². The number of hydrogen-bond donors (Lipinski definition) is 2. The van der Waals surface area contributed by atoms with Gasteiger partial charge in [0.25, 0.3) is 0 Å². The molecule has 1 aliphatic rings. The van der Waals surface area contributed by atoms with Crippen molar-refractivity contribution in [2.75, 3.05) is 50.4 Å². The van der Waals surface area contributed by atoms with Crippen molar-refractivity contribution in [1.82, 2.24) is 20.5 Å². The van der Waals surface area contributed by atoms with Gasteiger partial charge in [-0.3, -0.25) is 0 Å². The van der Waals surface area contributed by atoms with Gasteiger partial charge in [-0.05, 0) is 43.0 Å². The van der Waals surface area contributed by atoms with E-state index in [0.29, 0.717) is 13.1 Å². The van der Waals surface area contributed by atoms with Gasteiger partial charge in [0.1, 0.15) is 5.82 Å². The first-order valence-electron chi connectivity index (χ1n) is 9.79. The predicted molar refractivity (Wildman–Crippen MR) is 116 cm³/mol. The third kappa shape index (κ3) is 6.73. The van der Waals surface area contributed by atoms with Crippen molar-refractivity contribution in [3.05, 3.63) is 54.2 Å². The van der Waals surface area contributed by atoms with Gasteiger partial charge >= 0.3 is 6.03 Å². The van der Waals surface area contributed by atoms with Crippen molar-refractivity contribution >= 4 is 23.6 Å². The highest BCUT2D eigenvalue weighted by Gasteiger charge is 2.14. The number of likely N-dealkylation sites (N-methyl/N-ethyl adjacent to an activating group) is 1. The van der Waals surface area contributed by atoms with E-state index in [1.54, 1.807) is 0 Å². The number of piperazine rings is 1. The summed E-state index contributed by atoms with van der Waals surface area (Å²) in [6.45, 7) is 5.30. The lowest BCUT2D eigenvalue weighted by atomic mass is 10.2. The summed E-state index contributed by atoms with van der Waals surface area (Å²) in [6.07, 6.45) is 2.79. The number of carbonyl (C=O) groups is 1. The summed E-state index contributed by atoms with van der Waals surface area (Å²) in [5, 5.41) is 5.80. The number of carbonyl (C=O) groups excluding carboxylic acids is 1. The van der Waals surface area contributed by atoms with Crippen LogP contribution in [0.15, 0.2) is 53.6 Å². The molecule has 0 unspecified atom stereocenters. The molecule has 0 spiro atoms. The topological polar surface area (TPSA) is 60.5 Å². The molecular formula is C21H29N5OS. The van der Waals surface area contributed by atoms with Gasteiger partial charge in [0, 0.05) is 50.4 Å². The molecule has 28 heavy (non-hydrogen) atoms. The summed E-state index contributed by atoms with van der Waals surface area (Å²) in [7, 11) is 2.15. The second kappa shape index (κ2) is 10.9. The summed E-state index contributed by atoms with van der Waals surface area (Å²) >= 11 is 1.81. The van der Waals surface area contributed by atoms with Gasteiger partial charge in [-0.15, -0.1) is 11.8 Å². The molecule has 6 nitrogen and oxygen atoms in total. The van der Waals surface area contributed by atoms with E-state index in [-0.39, 0.29) is 6.03 Å². The number of pyridine rings is 1. The molecule has 1 aromatic carbocycles. The van der Waals surface area contributed by atoms with Crippen molar-refractivity contribution in [3.63, 3.8) is 0 Å². The second-order valence-electron chi connectivity index (χ2n) is 6.94. The lowest BCUT2D eigenvalue weighted by molar-refractivity contribution is 0.240. The van der Waals surface area contributed by atoms with Crippen molar-refractivity contribution in [3.8, 4) is 0 Å². The Kier molecular flexibility index (Phi) is 7.99. The van der Waals surface area contributed by atoms with Gasteiger partial charge in [-0.2, -0.15) is 0 Å². The number of thioether (sulfide) groups is 1. The Bertz CT molecular complexity index is 717. The van der Waals surface area contributed by atoms with Gasteiger partial charge in [0.15, 0.2) is 0 Å². The first-order valence-corrected chi connectivity index (χ1v) is 10.8. The fourth-order valence-electron chi connectivity index (χ4n) is 2.97. The highest BCUT2D eigenvalue weighted by Crippen LogP contribution is 2.17. The average molecular weight is 400 g/mol. The van der Waals surface area contributed by atoms with Crippen LogP contribution in [0.5, 0.6) is 0 Å². The number of anilines is 1. The quantitative estimate of drug-likeness (QED) is 0.528. The molecule has 2 amide bonds. The van der Waals surface area contributed by atoms with E-state index < -0.39 is 0 Å². The third-order valence-electron chi connectivity index (χ3n) is 4.71. The molecule has 7 heteroatoms. The van der Waals surface area contributed by atoms with Crippen LogP contribution in [-0.4, -0.2) is 61.4 Å². The zero-order valence-corrected chi connectivity index (χ0v) is 17.3. The molecule has 0 radical (unpaired) electrons. The minimum absolute atomic E-state index is 0.132. The maximum atomic E-state index is 11.9. The Morgan fingerprint density at radius 2 is 1.86 bits per heavy atom. The molecule has 0 atom stereocenters. The molecule has 150 valence electrons. The van der Waals surface area contributed by atoms with E-state index in [2.05, 4.69) is 44.6 Å². The van der Waals surface area contributed by atoms with E-state index in [9.17, 15) is 4.79 Å². The van der Waals surface area contributed by atoms with Gasteiger partial charge < -0.3 is 20.4 Å². The molecule has 3 rings (SSSR count). The van der Waals surface area contributed by atoms with E-state index in [1.165, 1.54) is 4.90 Å². The number of amides is 2. The van der Waals surface area contributed by atoms with Gasteiger partial charge in [-0.25, -0.2) is 9.78 Å². The van der Waals surface area contributed by atoms with Crippen LogP contribution >= 0.6 is 11.8 Å². The van der Waals surface area contributed by atoms with Crippen LogP contribution in [0.4, 0.5) is 10.6 Å². The maximum absolute atomic E-state index is 11.9. The number of urea groups is 1.